The van der Waals surface area contributed by atoms with Crippen molar-refractivity contribution < 1.29 is 4.79 Å². The summed E-state index contributed by atoms with van der Waals surface area (Å²) in [6.45, 7) is 1.73. The summed E-state index contributed by atoms with van der Waals surface area (Å²) in [6, 6.07) is 16.4. The Morgan fingerprint density at radius 3 is 2.56 bits per heavy atom. The molecule has 1 saturated heterocycles. The molecule has 1 amide bonds. The van der Waals surface area contributed by atoms with E-state index < -0.39 is 0 Å². The minimum atomic E-state index is -0.247. The Morgan fingerprint density at radius 1 is 1.04 bits per heavy atom. The molecule has 0 unspecified atom stereocenters. The van der Waals surface area contributed by atoms with Gasteiger partial charge in [-0.1, -0.05) is 42.1 Å². The standard InChI is InChI=1S/C18H14N4O2S/c1-12-19-15-10-6-5-9-14(15)17(24)22(12)20-18-21(16(23)11-25-18)13-7-3-2-4-8-13/h2-10H,11H2,1H3. The maximum atomic E-state index is 12.8. The van der Waals surface area contributed by atoms with Crippen LogP contribution in [0.15, 0.2) is 64.5 Å². The summed E-state index contributed by atoms with van der Waals surface area (Å²) in [7, 11) is 0. The van der Waals surface area contributed by atoms with Crippen LogP contribution in [-0.2, 0) is 4.79 Å². The number of amides is 1. The van der Waals surface area contributed by atoms with Gasteiger partial charge in [0.05, 0.1) is 22.3 Å². The zero-order chi connectivity index (χ0) is 17.4. The van der Waals surface area contributed by atoms with Crippen molar-refractivity contribution in [3.05, 3.63) is 70.8 Å². The highest BCUT2D eigenvalue weighted by Crippen LogP contribution is 2.26. The number of anilines is 1. The maximum absolute atomic E-state index is 12.8. The van der Waals surface area contributed by atoms with Gasteiger partial charge in [-0.05, 0) is 31.2 Å². The molecule has 0 aliphatic carbocycles. The lowest BCUT2D eigenvalue weighted by molar-refractivity contribution is -0.115. The van der Waals surface area contributed by atoms with E-state index in [1.54, 1.807) is 25.1 Å². The van der Waals surface area contributed by atoms with Crippen LogP contribution in [0.25, 0.3) is 10.9 Å². The highest BCUT2D eigenvalue weighted by atomic mass is 32.2. The number of benzene rings is 2. The highest BCUT2D eigenvalue weighted by Gasteiger charge is 2.30. The first-order chi connectivity index (χ1) is 12.1. The molecule has 4 rings (SSSR count). The number of nitrogens with zero attached hydrogens (tertiary/aromatic N) is 4. The van der Waals surface area contributed by atoms with Crippen LogP contribution in [0.4, 0.5) is 5.69 Å². The molecule has 1 aliphatic heterocycles. The van der Waals surface area contributed by atoms with E-state index in [0.717, 1.165) is 5.69 Å². The number of aryl methyl sites for hydroxylation is 1. The fraction of sp³-hybridized carbons (Fsp3) is 0.111. The molecule has 0 radical (unpaired) electrons. The van der Waals surface area contributed by atoms with E-state index in [1.165, 1.54) is 21.3 Å². The third-order valence-corrected chi connectivity index (χ3v) is 4.79. The average Bonchev–Trinajstić information content (AvgIpc) is 3.00. The number of aromatic nitrogens is 2. The molecule has 124 valence electrons. The smallest absolute Gasteiger partial charge is 0.273 e. The van der Waals surface area contributed by atoms with Gasteiger partial charge in [-0.3, -0.25) is 14.5 Å². The topological polar surface area (TPSA) is 67.6 Å². The van der Waals surface area contributed by atoms with Crippen molar-refractivity contribution in [1.82, 2.24) is 9.66 Å². The Labute approximate surface area is 147 Å². The second-order valence-electron chi connectivity index (χ2n) is 5.53. The molecular weight excluding hydrogens is 336 g/mol. The molecule has 1 aromatic heterocycles. The van der Waals surface area contributed by atoms with Crippen molar-refractivity contribution in [2.24, 2.45) is 5.10 Å². The molecule has 0 saturated carbocycles. The molecule has 0 spiro atoms. The SMILES string of the molecule is Cc1nc2ccccc2c(=O)n1N=C1SCC(=O)N1c1ccccc1. The largest absolute Gasteiger partial charge is 0.282 e. The monoisotopic (exact) mass is 350 g/mol. The van der Waals surface area contributed by atoms with Crippen molar-refractivity contribution in [1.29, 1.82) is 0 Å². The van der Waals surface area contributed by atoms with Crippen LogP contribution in [0.3, 0.4) is 0 Å². The van der Waals surface area contributed by atoms with Crippen LogP contribution in [0.1, 0.15) is 5.82 Å². The van der Waals surface area contributed by atoms with Gasteiger partial charge < -0.3 is 0 Å². The quantitative estimate of drug-likeness (QED) is 0.712. The van der Waals surface area contributed by atoms with Crippen molar-refractivity contribution >= 4 is 39.4 Å². The van der Waals surface area contributed by atoms with Crippen molar-refractivity contribution in [2.45, 2.75) is 6.92 Å². The molecule has 2 heterocycles. The van der Waals surface area contributed by atoms with Gasteiger partial charge >= 0.3 is 0 Å². The number of hydrogen-bond donors (Lipinski definition) is 0. The molecule has 0 N–H and O–H groups in total. The third kappa shape index (κ3) is 2.72. The normalized spacial score (nSPS) is 16.1. The fourth-order valence-corrected chi connectivity index (χ4v) is 3.56. The highest BCUT2D eigenvalue weighted by molar-refractivity contribution is 8.15. The second-order valence-corrected chi connectivity index (χ2v) is 6.47. The Kier molecular flexibility index (Phi) is 3.85. The number of carbonyl (C=O) groups excluding carboxylic acids is 1. The molecule has 0 atom stereocenters. The minimum absolute atomic E-state index is 0.0607. The molecule has 6 nitrogen and oxygen atoms in total. The molecule has 7 heteroatoms. The van der Waals surface area contributed by atoms with Gasteiger partial charge in [-0.15, -0.1) is 5.10 Å². The van der Waals surface area contributed by atoms with E-state index in [-0.39, 0.29) is 11.5 Å². The van der Waals surface area contributed by atoms with E-state index in [2.05, 4.69) is 10.1 Å². The zero-order valence-corrected chi connectivity index (χ0v) is 14.2. The lowest BCUT2D eigenvalue weighted by atomic mass is 10.2. The average molecular weight is 350 g/mol. The zero-order valence-electron chi connectivity index (χ0n) is 13.4. The van der Waals surface area contributed by atoms with E-state index in [0.29, 0.717) is 27.6 Å². The van der Waals surface area contributed by atoms with Gasteiger partial charge in [-0.2, -0.15) is 4.68 Å². The van der Waals surface area contributed by atoms with Crippen LogP contribution in [0, 0.1) is 6.92 Å². The van der Waals surface area contributed by atoms with Gasteiger partial charge in [0.2, 0.25) is 5.91 Å². The van der Waals surface area contributed by atoms with Gasteiger partial charge in [0.25, 0.3) is 5.56 Å². The van der Waals surface area contributed by atoms with Gasteiger partial charge in [0.15, 0.2) is 5.17 Å². The first-order valence-electron chi connectivity index (χ1n) is 7.73. The van der Waals surface area contributed by atoms with Gasteiger partial charge in [0.1, 0.15) is 5.82 Å². The molecule has 25 heavy (non-hydrogen) atoms. The van der Waals surface area contributed by atoms with Crippen LogP contribution in [0.2, 0.25) is 0 Å². The molecule has 1 fully saturated rings. The van der Waals surface area contributed by atoms with Gasteiger partial charge in [-0.25, -0.2) is 4.98 Å². The molecule has 2 aromatic carbocycles. The summed E-state index contributed by atoms with van der Waals surface area (Å²) in [5.74, 6) is 0.710. The van der Waals surface area contributed by atoms with Crippen LogP contribution < -0.4 is 10.5 Å². The summed E-state index contributed by atoms with van der Waals surface area (Å²) >= 11 is 1.31. The number of rotatable bonds is 2. The second kappa shape index (κ2) is 6.18. The molecule has 0 bridgehead atoms. The molecular formula is C18H14N4O2S. The lowest BCUT2D eigenvalue weighted by Crippen LogP contribution is -2.31. The van der Waals surface area contributed by atoms with Crippen LogP contribution in [0.5, 0.6) is 0 Å². The number of fused-ring (bicyclic) bond motifs is 1. The number of thioether (sulfide) groups is 1. The van der Waals surface area contributed by atoms with Crippen molar-refractivity contribution in [3.63, 3.8) is 0 Å². The summed E-state index contributed by atoms with van der Waals surface area (Å²) < 4.78 is 1.26. The molecule has 3 aromatic rings. The Bertz CT molecular complexity index is 1060. The van der Waals surface area contributed by atoms with Crippen LogP contribution >= 0.6 is 11.8 Å². The molecule has 1 aliphatic rings. The first-order valence-corrected chi connectivity index (χ1v) is 8.72. The number of hydrogen-bond acceptors (Lipinski definition) is 5. The number of carbonyl (C=O) groups is 1. The summed E-state index contributed by atoms with van der Waals surface area (Å²) in [6.07, 6.45) is 0. The predicted octanol–water partition coefficient (Wildman–Crippen LogP) is 2.60. The summed E-state index contributed by atoms with van der Waals surface area (Å²) in [5, 5.41) is 5.41. The van der Waals surface area contributed by atoms with E-state index >= 15 is 0 Å². The summed E-state index contributed by atoms with van der Waals surface area (Å²) in [4.78, 5) is 31.0. The number of para-hydroxylation sites is 2. The van der Waals surface area contributed by atoms with E-state index in [4.69, 9.17) is 0 Å². The lowest BCUT2D eigenvalue weighted by Gasteiger charge is -2.16. The van der Waals surface area contributed by atoms with Crippen LogP contribution in [-0.4, -0.2) is 26.5 Å². The first kappa shape index (κ1) is 15.6. The number of amidine groups is 1. The Morgan fingerprint density at radius 2 is 1.76 bits per heavy atom. The van der Waals surface area contributed by atoms with E-state index in [1.807, 2.05) is 36.4 Å². The Balaban J connectivity index is 1.87. The van der Waals surface area contributed by atoms with Crippen molar-refractivity contribution in [3.8, 4) is 0 Å². The fourth-order valence-electron chi connectivity index (χ4n) is 2.71. The van der Waals surface area contributed by atoms with E-state index in [9.17, 15) is 9.59 Å². The maximum Gasteiger partial charge on any atom is 0.282 e. The van der Waals surface area contributed by atoms with Crippen molar-refractivity contribution in [2.75, 3.05) is 10.7 Å². The predicted molar refractivity (Wildman–Crippen MR) is 100.0 cm³/mol. The third-order valence-electron chi connectivity index (χ3n) is 3.88. The minimum Gasteiger partial charge on any atom is -0.273 e. The summed E-state index contributed by atoms with van der Waals surface area (Å²) in [5.41, 5.74) is 1.12. The van der Waals surface area contributed by atoms with Gasteiger partial charge in [0, 0.05) is 0 Å². The Hall–Kier alpha value is -2.93.